The Hall–Kier alpha value is -2.18. The van der Waals surface area contributed by atoms with Crippen LogP contribution in [0.15, 0.2) is 29.6 Å². The number of thiophene rings is 1. The molecular weight excluding hydrogens is 370 g/mol. The van der Waals surface area contributed by atoms with Crippen LogP contribution in [0.5, 0.6) is 0 Å². The van der Waals surface area contributed by atoms with Crippen molar-refractivity contribution in [2.75, 3.05) is 17.3 Å². The van der Waals surface area contributed by atoms with Gasteiger partial charge < -0.3 is 10.2 Å². The molecule has 146 valence electrons. The fourth-order valence-corrected chi connectivity index (χ4v) is 6.10. The Kier molecular flexibility index (Phi) is 4.29. The van der Waals surface area contributed by atoms with Gasteiger partial charge in [-0.25, -0.2) is 0 Å². The fraction of sp³-hybridized carbons (Fsp3) is 0.455. The van der Waals surface area contributed by atoms with E-state index >= 15 is 0 Å². The number of rotatable bonds is 2. The van der Waals surface area contributed by atoms with Crippen LogP contribution in [0.4, 0.5) is 17.1 Å². The number of aryl methyl sites for hydroxylation is 1. The predicted molar refractivity (Wildman–Crippen MR) is 113 cm³/mol. The molecule has 1 aromatic carbocycles. The van der Waals surface area contributed by atoms with E-state index in [0.717, 1.165) is 29.1 Å². The third-order valence-electron chi connectivity index (χ3n) is 6.73. The first-order chi connectivity index (χ1) is 13.5. The molecule has 2 saturated heterocycles. The van der Waals surface area contributed by atoms with Crippen molar-refractivity contribution in [1.29, 1.82) is 0 Å². The molecule has 2 atom stereocenters. The van der Waals surface area contributed by atoms with Gasteiger partial charge in [0.25, 0.3) is 5.91 Å². The first-order valence-corrected chi connectivity index (χ1v) is 10.9. The van der Waals surface area contributed by atoms with E-state index in [0.29, 0.717) is 35.7 Å². The summed E-state index contributed by atoms with van der Waals surface area (Å²) in [4.78, 5) is 31.6. The van der Waals surface area contributed by atoms with Crippen molar-refractivity contribution in [1.82, 2.24) is 4.90 Å². The van der Waals surface area contributed by atoms with Gasteiger partial charge in [-0.1, -0.05) is 12.1 Å². The molecule has 4 heterocycles. The molecule has 3 aliphatic heterocycles. The van der Waals surface area contributed by atoms with Crippen LogP contribution in [0, 0.1) is 12.8 Å². The number of amides is 2. The van der Waals surface area contributed by atoms with Crippen LogP contribution in [0.2, 0.25) is 0 Å². The summed E-state index contributed by atoms with van der Waals surface area (Å²) in [5, 5.41) is 4.94. The second-order valence-electron chi connectivity index (χ2n) is 8.34. The highest BCUT2D eigenvalue weighted by molar-refractivity contribution is 7.10. The van der Waals surface area contributed by atoms with Crippen LogP contribution in [0.1, 0.15) is 47.3 Å². The molecule has 2 amide bonds. The van der Waals surface area contributed by atoms with Gasteiger partial charge in [0.1, 0.15) is 0 Å². The smallest absolute Gasteiger partial charge is 0.258 e. The second-order valence-corrected chi connectivity index (χ2v) is 9.43. The molecule has 0 aliphatic carbocycles. The molecule has 6 heteroatoms. The summed E-state index contributed by atoms with van der Waals surface area (Å²) in [7, 11) is 2.23. The molecule has 3 aliphatic rings. The van der Waals surface area contributed by atoms with E-state index < -0.39 is 0 Å². The SMILES string of the molecule is Cc1scc2c1C(=O)Nc1ccccc1N2C(=O)CC1CC2CCC(C1)N2C. The van der Waals surface area contributed by atoms with Crippen LogP contribution in [-0.4, -0.2) is 35.8 Å². The molecule has 2 unspecified atom stereocenters. The lowest BCUT2D eigenvalue weighted by Crippen LogP contribution is -2.41. The standard InChI is InChI=1S/C22H25N3O2S/c1-13-21-19(12-28-13)25(18-6-4-3-5-17(18)23-22(21)27)20(26)11-14-9-15-7-8-16(10-14)24(15)2/h3-6,12,14-16H,7-11H2,1-2H3,(H,23,27). The Morgan fingerprint density at radius 1 is 1.18 bits per heavy atom. The molecule has 0 radical (unpaired) electrons. The van der Waals surface area contributed by atoms with E-state index in [1.54, 1.807) is 4.90 Å². The van der Waals surface area contributed by atoms with E-state index in [1.165, 1.54) is 24.2 Å². The normalized spacial score (nSPS) is 26.4. The highest BCUT2D eigenvalue weighted by atomic mass is 32.1. The van der Waals surface area contributed by atoms with Crippen molar-refractivity contribution in [2.24, 2.45) is 5.92 Å². The minimum atomic E-state index is -0.131. The number of hydrogen-bond donors (Lipinski definition) is 1. The topological polar surface area (TPSA) is 52.7 Å². The van der Waals surface area contributed by atoms with Gasteiger partial charge in [0.2, 0.25) is 5.91 Å². The van der Waals surface area contributed by atoms with Crippen LogP contribution in [-0.2, 0) is 4.79 Å². The van der Waals surface area contributed by atoms with Crippen molar-refractivity contribution in [2.45, 2.75) is 51.1 Å². The lowest BCUT2D eigenvalue weighted by atomic mass is 9.88. The van der Waals surface area contributed by atoms with E-state index in [4.69, 9.17) is 0 Å². The number of hydrogen-bond acceptors (Lipinski definition) is 4. The molecular formula is C22H25N3O2S. The first-order valence-electron chi connectivity index (χ1n) is 10.1. The molecule has 5 rings (SSSR count). The van der Waals surface area contributed by atoms with Crippen LogP contribution in [0.25, 0.3) is 0 Å². The van der Waals surface area contributed by atoms with E-state index in [9.17, 15) is 9.59 Å². The summed E-state index contributed by atoms with van der Waals surface area (Å²) in [6.45, 7) is 1.94. The number of piperidine rings is 1. The lowest BCUT2D eigenvalue weighted by Gasteiger charge is -2.36. The molecule has 28 heavy (non-hydrogen) atoms. The van der Waals surface area contributed by atoms with Crippen molar-refractivity contribution < 1.29 is 9.59 Å². The third kappa shape index (κ3) is 2.78. The zero-order chi connectivity index (χ0) is 19.4. The Labute approximate surface area is 169 Å². The summed E-state index contributed by atoms with van der Waals surface area (Å²) < 4.78 is 0. The molecule has 0 saturated carbocycles. The maximum absolute atomic E-state index is 13.6. The molecule has 2 bridgehead atoms. The average Bonchev–Trinajstić information content (AvgIpc) is 3.07. The second kappa shape index (κ2) is 6.71. The number of fused-ring (bicyclic) bond motifs is 4. The number of nitrogens with one attached hydrogen (secondary N) is 1. The third-order valence-corrected chi connectivity index (χ3v) is 7.62. The Morgan fingerprint density at radius 3 is 2.64 bits per heavy atom. The largest absolute Gasteiger partial charge is 0.320 e. The van der Waals surface area contributed by atoms with Gasteiger partial charge >= 0.3 is 0 Å². The molecule has 0 spiro atoms. The van der Waals surface area contributed by atoms with Crippen molar-refractivity contribution in [3.63, 3.8) is 0 Å². The van der Waals surface area contributed by atoms with Gasteiger partial charge in [-0.3, -0.25) is 14.5 Å². The summed E-state index contributed by atoms with van der Waals surface area (Å²) >= 11 is 1.52. The molecule has 1 aromatic heterocycles. The number of benzene rings is 1. The minimum absolute atomic E-state index is 0.0944. The number of carbonyl (C=O) groups excluding carboxylic acids is 2. The fourth-order valence-electron chi connectivity index (χ4n) is 5.27. The van der Waals surface area contributed by atoms with Gasteiger partial charge in [-0.2, -0.15) is 0 Å². The Morgan fingerprint density at radius 2 is 1.89 bits per heavy atom. The monoisotopic (exact) mass is 395 g/mol. The van der Waals surface area contributed by atoms with E-state index in [-0.39, 0.29) is 11.8 Å². The van der Waals surface area contributed by atoms with Gasteiger partial charge in [-0.15, -0.1) is 11.3 Å². The van der Waals surface area contributed by atoms with E-state index in [1.807, 2.05) is 36.6 Å². The molecule has 1 N–H and O–H groups in total. The van der Waals surface area contributed by atoms with Gasteiger partial charge in [0, 0.05) is 28.8 Å². The number of anilines is 3. The Bertz CT molecular complexity index is 939. The van der Waals surface area contributed by atoms with Gasteiger partial charge in [0.15, 0.2) is 0 Å². The lowest BCUT2D eigenvalue weighted by molar-refractivity contribution is -0.119. The van der Waals surface area contributed by atoms with E-state index in [2.05, 4.69) is 17.3 Å². The van der Waals surface area contributed by atoms with Gasteiger partial charge in [0.05, 0.1) is 22.6 Å². The first kappa shape index (κ1) is 17.9. The molecule has 2 fully saturated rings. The highest BCUT2D eigenvalue weighted by Gasteiger charge is 2.40. The zero-order valence-electron chi connectivity index (χ0n) is 16.3. The maximum atomic E-state index is 13.6. The zero-order valence-corrected chi connectivity index (χ0v) is 17.1. The maximum Gasteiger partial charge on any atom is 0.258 e. The average molecular weight is 396 g/mol. The minimum Gasteiger partial charge on any atom is -0.320 e. The van der Waals surface area contributed by atoms with Gasteiger partial charge in [-0.05, 0) is 57.7 Å². The van der Waals surface area contributed by atoms with Crippen LogP contribution >= 0.6 is 11.3 Å². The number of para-hydroxylation sites is 2. The number of nitrogens with zero attached hydrogens (tertiary/aromatic N) is 2. The Balaban J connectivity index is 1.49. The summed E-state index contributed by atoms with van der Waals surface area (Å²) in [6, 6.07) is 8.85. The quantitative estimate of drug-likeness (QED) is 0.812. The van der Waals surface area contributed by atoms with Crippen LogP contribution in [0.3, 0.4) is 0 Å². The van der Waals surface area contributed by atoms with Crippen LogP contribution < -0.4 is 10.2 Å². The number of carbonyl (C=O) groups is 2. The summed E-state index contributed by atoms with van der Waals surface area (Å²) in [5.41, 5.74) is 2.82. The summed E-state index contributed by atoms with van der Waals surface area (Å²) in [5.74, 6) is 0.384. The molecule has 5 nitrogen and oxygen atoms in total. The predicted octanol–water partition coefficient (Wildman–Crippen LogP) is 4.55. The van der Waals surface area contributed by atoms with Crippen molar-refractivity contribution in [3.05, 3.63) is 40.1 Å². The molecule has 2 aromatic rings. The highest BCUT2D eigenvalue weighted by Crippen LogP contribution is 2.43. The van der Waals surface area contributed by atoms with Crippen molar-refractivity contribution >= 4 is 40.2 Å². The summed E-state index contributed by atoms with van der Waals surface area (Å²) in [6.07, 6.45) is 5.24. The van der Waals surface area contributed by atoms with Crippen molar-refractivity contribution in [3.8, 4) is 0 Å².